The van der Waals surface area contributed by atoms with E-state index in [-0.39, 0.29) is 45.1 Å². The Kier molecular flexibility index (Phi) is 9.31. The minimum atomic E-state index is -5.10. The molecular weight excluding hydrogens is 618 g/mol. The predicted octanol–water partition coefficient (Wildman–Crippen LogP) is 5.56. The minimum absolute atomic E-state index is 0.0349. The van der Waals surface area contributed by atoms with Crippen LogP contribution in [0.1, 0.15) is 50.5 Å². The highest BCUT2D eigenvalue weighted by Crippen LogP contribution is 2.35. The van der Waals surface area contributed by atoms with Gasteiger partial charge in [-0.1, -0.05) is 6.07 Å². The number of anilines is 1. The van der Waals surface area contributed by atoms with Gasteiger partial charge in [-0.05, 0) is 48.2 Å². The van der Waals surface area contributed by atoms with E-state index in [1.807, 2.05) is 13.2 Å². The van der Waals surface area contributed by atoms with Crippen molar-refractivity contribution in [3.05, 3.63) is 69.0 Å². The van der Waals surface area contributed by atoms with E-state index in [2.05, 4.69) is 41.6 Å². The summed E-state index contributed by atoms with van der Waals surface area (Å²) >= 11 is 4.83. The van der Waals surface area contributed by atoms with E-state index in [4.69, 9.17) is 0 Å². The Balaban J connectivity index is 1.84. The fourth-order valence-electron chi connectivity index (χ4n) is 3.47. The van der Waals surface area contributed by atoms with Gasteiger partial charge < -0.3 is 10.6 Å². The van der Waals surface area contributed by atoms with Crippen molar-refractivity contribution in [1.82, 2.24) is 25.1 Å². The van der Waals surface area contributed by atoms with Gasteiger partial charge in [-0.3, -0.25) is 14.3 Å². The summed E-state index contributed by atoms with van der Waals surface area (Å²) in [4.78, 5) is 33.8. The third-order valence-corrected chi connectivity index (χ3v) is 6.70. The van der Waals surface area contributed by atoms with Crippen LogP contribution in [-0.2, 0) is 18.9 Å². The number of halogens is 7. The molecule has 0 bridgehead atoms. The first-order valence-electron chi connectivity index (χ1n) is 11.1. The first-order valence-corrected chi connectivity index (χ1v) is 13.2. The summed E-state index contributed by atoms with van der Waals surface area (Å²) in [5.74, 6) is -0.769. The van der Waals surface area contributed by atoms with Crippen molar-refractivity contribution >= 4 is 45.2 Å². The van der Waals surface area contributed by atoms with Gasteiger partial charge in [-0.25, -0.2) is 9.97 Å². The van der Waals surface area contributed by atoms with Crippen LogP contribution < -0.4 is 10.6 Å². The monoisotopic (exact) mass is 638 g/mol. The van der Waals surface area contributed by atoms with Gasteiger partial charge in [-0.2, -0.15) is 43.2 Å². The maximum atomic E-state index is 13.3. The van der Waals surface area contributed by atoms with Gasteiger partial charge in [0.25, 0.3) is 11.8 Å². The van der Waals surface area contributed by atoms with E-state index in [9.17, 15) is 35.9 Å². The summed E-state index contributed by atoms with van der Waals surface area (Å²) in [5, 5.41) is 8.40. The highest BCUT2D eigenvalue weighted by molar-refractivity contribution is 9.10. The Labute approximate surface area is 231 Å². The zero-order valence-electron chi connectivity index (χ0n) is 20.5. The number of rotatable bonds is 8. The van der Waals surface area contributed by atoms with Crippen molar-refractivity contribution in [2.45, 2.75) is 38.8 Å². The molecule has 2 aromatic heterocycles. The van der Waals surface area contributed by atoms with Crippen LogP contribution in [0, 0.1) is 6.92 Å². The molecule has 0 aliphatic rings. The lowest BCUT2D eigenvalue weighted by Gasteiger charge is -2.16. The van der Waals surface area contributed by atoms with Crippen molar-refractivity contribution in [1.29, 1.82) is 0 Å². The number of amides is 2. The average Bonchev–Trinajstić information content (AvgIpc) is 3.25. The molecule has 39 heavy (non-hydrogen) atoms. The van der Waals surface area contributed by atoms with Crippen LogP contribution in [0.15, 0.2) is 34.9 Å². The van der Waals surface area contributed by atoms with Gasteiger partial charge in [-0.15, -0.1) is 0 Å². The topological polar surface area (TPSA) is 102 Å². The fourth-order valence-corrected chi connectivity index (χ4v) is 4.60. The Morgan fingerprint density at radius 1 is 1.13 bits per heavy atom. The van der Waals surface area contributed by atoms with Gasteiger partial charge >= 0.3 is 12.4 Å². The van der Waals surface area contributed by atoms with Crippen molar-refractivity contribution in [2.24, 2.45) is 0 Å². The van der Waals surface area contributed by atoms with Crippen molar-refractivity contribution < 1.29 is 35.9 Å². The average molecular weight is 639 g/mol. The van der Waals surface area contributed by atoms with E-state index in [0.717, 1.165) is 6.20 Å². The minimum Gasteiger partial charge on any atom is -0.349 e. The molecule has 1 atom stereocenters. The molecule has 3 rings (SSSR count). The summed E-state index contributed by atoms with van der Waals surface area (Å²) in [5.41, 5.74) is -2.98. The number of nitrogens with one attached hydrogen (secondary N) is 2. The van der Waals surface area contributed by atoms with Crippen LogP contribution in [0.2, 0.25) is 0 Å². The first kappa shape index (κ1) is 30.4. The second-order valence-electron chi connectivity index (χ2n) is 8.30. The zero-order chi connectivity index (χ0) is 29.1. The van der Waals surface area contributed by atoms with Crippen LogP contribution in [0.25, 0.3) is 0 Å². The third kappa shape index (κ3) is 7.50. The molecule has 0 aliphatic heterocycles. The largest absolute Gasteiger partial charge is 0.435 e. The van der Waals surface area contributed by atoms with E-state index in [1.54, 1.807) is 12.1 Å². The molecule has 0 saturated heterocycles. The van der Waals surface area contributed by atoms with Crippen LogP contribution in [0.5, 0.6) is 0 Å². The SMILES string of the molecule is CSC[C@H](C)NC(=O)c1c(Br)cccc1C(=O)Nc1cnc(Cn2nc(C(F)(F)F)cc2C(F)(F)F)nc1C. The predicted molar refractivity (Wildman–Crippen MR) is 136 cm³/mol. The Morgan fingerprint density at radius 3 is 2.41 bits per heavy atom. The lowest BCUT2D eigenvalue weighted by molar-refractivity contribution is -0.144. The van der Waals surface area contributed by atoms with Gasteiger partial charge in [0.1, 0.15) is 18.1 Å². The molecule has 0 spiro atoms. The van der Waals surface area contributed by atoms with Crippen molar-refractivity contribution in [3.63, 3.8) is 0 Å². The van der Waals surface area contributed by atoms with Gasteiger partial charge in [0.15, 0.2) is 5.69 Å². The lowest BCUT2D eigenvalue weighted by atomic mass is 10.1. The lowest BCUT2D eigenvalue weighted by Crippen LogP contribution is -2.35. The summed E-state index contributed by atoms with van der Waals surface area (Å²) in [6.07, 6.45) is -7.18. The molecule has 0 radical (unpaired) electrons. The Morgan fingerprint density at radius 2 is 1.82 bits per heavy atom. The summed E-state index contributed by atoms with van der Waals surface area (Å²) in [6.45, 7) is 2.44. The maximum absolute atomic E-state index is 13.3. The molecule has 3 aromatic rings. The van der Waals surface area contributed by atoms with Crippen molar-refractivity contribution in [2.75, 3.05) is 17.3 Å². The third-order valence-electron chi connectivity index (χ3n) is 5.21. The van der Waals surface area contributed by atoms with E-state index >= 15 is 0 Å². The van der Waals surface area contributed by atoms with Gasteiger partial charge in [0, 0.05) is 22.3 Å². The second kappa shape index (κ2) is 11.9. The normalized spacial score (nSPS) is 12.8. The number of thioether (sulfide) groups is 1. The Hall–Kier alpha value is -3.14. The summed E-state index contributed by atoms with van der Waals surface area (Å²) < 4.78 is 79.2. The number of aryl methyl sites for hydroxylation is 1. The van der Waals surface area contributed by atoms with Crippen LogP contribution in [0.3, 0.4) is 0 Å². The highest BCUT2D eigenvalue weighted by Gasteiger charge is 2.42. The van der Waals surface area contributed by atoms with Crippen LogP contribution in [0.4, 0.5) is 32.0 Å². The Bertz CT molecular complexity index is 1380. The number of aromatic nitrogens is 4. The quantitative estimate of drug-likeness (QED) is 0.313. The number of nitrogens with zero attached hydrogens (tertiary/aromatic N) is 4. The maximum Gasteiger partial charge on any atom is 0.435 e. The van der Waals surface area contributed by atoms with E-state index in [0.29, 0.717) is 10.2 Å². The molecular formula is C23H21BrF6N6O2S. The molecule has 8 nitrogen and oxygen atoms in total. The molecule has 210 valence electrons. The molecule has 0 saturated carbocycles. The fraction of sp³-hybridized carbons (Fsp3) is 0.348. The molecule has 0 fully saturated rings. The molecule has 2 N–H and O–H groups in total. The van der Waals surface area contributed by atoms with Crippen molar-refractivity contribution in [3.8, 4) is 0 Å². The highest BCUT2D eigenvalue weighted by atomic mass is 79.9. The first-order chi connectivity index (χ1) is 18.1. The number of carbonyl (C=O) groups is 2. The summed E-state index contributed by atoms with van der Waals surface area (Å²) in [6, 6.07) is 4.34. The number of hydrogen-bond donors (Lipinski definition) is 2. The standard InChI is InChI=1S/C23H21BrF6N6O2S/c1-11(10-39-3)32-21(38)19-13(5-4-6-14(19)24)20(37)34-15-8-31-18(33-12(15)2)9-36-17(23(28,29)30)7-16(35-36)22(25,26)27/h4-8,11H,9-10H2,1-3H3,(H,32,38)(H,34,37)/t11-/m0/s1. The summed E-state index contributed by atoms with van der Waals surface area (Å²) in [7, 11) is 0. The van der Waals surface area contributed by atoms with Gasteiger partial charge in [0.05, 0.1) is 28.7 Å². The second-order valence-corrected chi connectivity index (χ2v) is 10.1. The molecule has 2 amide bonds. The van der Waals surface area contributed by atoms with Crippen LogP contribution in [-0.4, -0.2) is 49.6 Å². The zero-order valence-corrected chi connectivity index (χ0v) is 22.9. The smallest absolute Gasteiger partial charge is 0.349 e. The molecule has 0 unspecified atom stereocenters. The van der Waals surface area contributed by atoms with E-state index < -0.39 is 42.1 Å². The van der Waals surface area contributed by atoms with Crippen LogP contribution >= 0.6 is 27.7 Å². The number of benzene rings is 1. The number of hydrogen-bond acceptors (Lipinski definition) is 6. The molecule has 16 heteroatoms. The van der Waals surface area contributed by atoms with Gasteiger partial charge in [0.2, 0.25) is 0 Å². The number of alkyl halides is 6. The molecule has 1 aromatic carbocycles. The van der Waals surface area contributed by atoms with E-state index in [1.165, 1.54) is 24.8 Å². The molecule has 0 aliphatic carbocycles. The number of carbonyl (C=O) groups excluding carboxylic acids is 2. The molecule has 2 heterocycles.